The number of furan rings is 1. The lowest BCUT2D eigenvalue weighted by molar-refractivity contribution is -0.134. The molecule has 0 bridgehead atoms. The summed E-state index contributed by atoms with van der Waals surface area (Å²) in [6, 6.07) is 17.3. The van der Waals surface area contributed by atoms with Crippen LogP contribution in [0.5, 0.6) is 0 Å². The summed E-state index contributed by atoms with van der Waals surface area (Å²) in [6.07, 6.45) is 0.695. The molecule has 0 spiro atoms. The second-order valence-corrected chi connectivity index (χ2v) is 9.50. The number of benzene rings is 2. The predicted octanol–water partition coefficient (Wildman–Crippen LogP) is 3.56. The van der Waals surface area contributed by atoms with Crippen molar-refractivity contribution in [2.75, 3.05) is 24.6 Å². The Morgan fingerprint density at radius 3 is 2.45 bits per heavy atom. The van der Waals surface area contributed by atoms with Gasteiger partial charge in [0.2, 0.25) is 5.91 Å². The molecule has 0 fully saturated rings. The molecule has 4 N–H and O–H groups in total. The molecule has 0 aliphatic carbocycles. The van der Waals surface area contributed by atoms with Crippen molar-refractivity contribution >= 4 is 46.6 Å². The first-order valence-corrected chi connectivity index (χ1v) is 13.4. The highest BCUT2D eigenvalue weighted by Crippen LogP contribution is 2.19. The molecule has 3 amide bonds. The molecular weight excluding hydrogens is 510 g/mol. The smallest absolute Gasteiger partial charge is 0.407 e. The van der Waals surface area contributed by atoms with Crippen LogP contribution in [0.15, 0.2) is 65.1 Å². The van der Waals surface area contributed by atoms with E-state index in [-0.39, 0.29) is 37.0 Å². The van der Waals surface area contributed by atoms with Crippen molar-refractivity contribution in [1.29, 1.82) is 0 Å². The summed E-state index contributed by atoms with van der Waals surface area (Å²) in [6.45, 7) is 0.742. The highest BCUT2D eigenvalue weighted by molar-refractivity contribution is 7.99. The molecule has 0 aliphatic heterocycles. The van der Waals surface area contributed by atoms with Gasteiger partial charge in [0.25, 0.3) is 5.91 Å². The lowest BCUT2D eigenvalue weighted by Gasteiger charge is -2.18. The average Bonchev–Trinajstić information content (AvgIpc) is 3.36. The summed E-state index contributed by atoms with van der Waals surface area (Å²) < 4.78 is 10.8. The van der Waals surface area contributed by atoms with E-state index in [9.17, 15) is 19.2 Å². The molecule has 0 aliphatic rings. The summed E-state index contributed by atoms with van der Waals surface area (Å²) in [5.41, 5.74) is 1.43. The van der Waals surface area contributed by atoms with E-state index in [1.54, 1.807) is 18.2 Å². The van der Waals surface area contributed by atoms with Gasteiger partial charge in [0.1, 0.15) is 18.2 Å². The topological polar surface area (TPSA) is 147 Å². The van der Waals surface area contributed by atoms with Gasteiger partial charge in [0.05, 0.1) is 5.75 Å². The highest BCUT2D eigenvalue weighted by Gasteiger charge is 2.23. The number of alkyl carbamates (subject to hydrolysis) is 1. The van der Waals surface area contributed by atoms with Crippen LogP contribution in [0.25, 0.3) is 11.0 Å². The van der Waals surface area contributed by atoms with E-state index in [0.717, 1.165) is 10.9 Å². The number of para-hydroxylation sites is 1. The number of amides is 3. The first-order chi connectivity index (χ1) is 18.4. The first-order valence-electron chi connectivity index (χ1n) is 12.2. The second kappa shape index (κ2) is 15.3. The fraction of sp³-hybridized carbons (Fsp3) is 0.333. The first kappa shape index (κ1) is 28.6. The summed E-state index contributed by atoms with van der Waals surface area (Å²) in [7, 11) is 0. The molecule has 202 valence electrons. The number of carboxylic acids is 1. The number of ether oxygens (including phenoxy) is 1. The van der Waals surface area contributed by atoms with Crippen LogP contribution in [0.4, 0.5) is 4.79 Å². The molecule has 0 unspecified atom stereocenters. The quantitative estimate of drug-likeness (QED) is 0.214. The number of aliphatic carboxylic acids is 1. The lowest BCUT2D eigenvalue weighted by Crippen LogP contribution is -2.47. The van der Waals surface area contributed by atoms with E-state index in [4.69, 9.17) is 14.3 Å². The van der Waals surface area contributed by atoms with Crippen molar-refractivity contribution in [1.82, 2.24) is 16.0 Å². The third-order valence-corrected chi connectivity index (χ3v) is 6.44. The van der Waals surface area contributed by atoms with Crippen molar-refractivity contribution in [3.8, 4) is 0 Å². The summed E-state index contributed by atoms with van der Waals surface area (Å²) in [4.78, 5) is 48.3. The Bertz CT molecular complexity index is 1180. The van der Waals surface area contributed by atoms with Gasteiger partial charge in [-0.1, -0.05) is 48.5 Å². The fourth-order valence-corrected chi connectivity index (χ4v) is 4.20. The van der Waals surface area contributed by atoms with Crippen molar-refractivity contribution < 1.29 is 33.4 Å². The Kier molecular flexibility index (Phi) is 11.5. The van der Waals surface area contributed by atoms with Crippen molar-refractivity contribution in [3.05, 3.63) is 72.0 Å². The number of carboxylic acid groups (broad SMARTS) is 1. The average molecular weight is 542 g/mol. The summed E-state index contributed by atoms with van der Waals surface area (Å²) in [5.74, 6) is -1.10. The molecule has 3 rings (SSSR count). The van der Waals surface area contributed by atoms with E-state index in [2.05, 4.69) is 16.0 Å². The Balaban J connectivity index is 1.48. The van der Waals surface area contributed by atoms with Gasteiger partial charge in [-0.15, -0.1) is 0 Å². The molecule has 0 saturated carbocycles. The number of hydrogen-bond acceptors (Lipinski definition) is 7. The van der Waals surface area contributed by atoms with Crippen LogP contribution in [0.2, 0.25) is 0 Å². The third kappa shape index (κ3) is 9.81. The van der Waals surface area contributed by atoms with E-state index >= 15 is 0 Å². The van der Waals surface area contributed by atoms with E-state index in [1.165, 1.54) is 11.8 Å². The Morgan fingerprint density at radius 2 is 1.68 bits per heavy atom. The van der Waals surface area contributed by atoms with Gasteiger partial charge >= 0.3 is 12.1 Å². The lowest BCUT2D eigenvalue weighted by atomic mass is 10.1. The largest absolute Gasteiger partial charge is 0.481 e. The Labute approximate surface area is 224 Å². The van der Waals surface area contributed by atoms with Crippen molar-refractivity contribution in [2.45, 2.75) is 31.9 Å². The maximum Gasteiger partial charge on any atom is 0.407 e. The van der Waals surface area contributed by atoms with Crippen molar-refractivity contribution in [3.63, 3.8) is 0 Å². The van der Waals surface area contributed by atoms with E-state index in [1.807, 2.05) is 42.5 Å². The van der Waals surface area contributed by atoms with Gasteiger partial charge in [0.15, 0.2) is 5.76 Å². The minimum absolute atomic E-state index is 0.00487. The predicted molar refractivity (Wildman–Crippen MR) is 144 cm³/mol. The Morgan fingerprint density at radius 1 is 0.947 bits per heavy atom. The van der Waals surface area contributed by atoms with E-state index < -0.39 is 24.0 Å². The number of nitrogens with one attached hydrogen (secondary N) is 3. The van der Waals surface area contributed by atoms with Crippen LogP contribution in [-0.4, -0.2) is 59.6 Å². The zero-order chi connectivity index (χ0) is 27.2. The molecule has 10 nitrogen and oxygen atoms in total. The van der Waals surface area contributed by atoms with Crippen molar-refractivity contribution in [2.24, 2.45) is 0 Å². The Hall–Kier alpha value is -3.99. The standard InChI is InChI=1S/C27H31N3O7S/c31-24(32)18-38-15-7-14-28-25(33)21(30-26(34)23-16-20-10-4-5-12-22(20)37-23)11-6-13-29-27(35)36-17-19-8-2-1-3-9-19/h1-5,8-10,12,16,21H,6-7,11,13-15,17-18H2,(H,28,33)(H,29,35)(H,30,34)(H,31,32)/t21-/m0/s1. The normalized spacial score (nSPS) is 11.5. The third-order valence-electron chi connectivity index (χ3n) is 5.41. The van der Waals surface area contributed by atoms with Crippen LogP contribution in [-0.2, 0) is 20.9 Å². The molecule has 1 aromatic heterocycles. The maximum atomic E-state index is 12.8. The minimum atomic E-state index is -0.884. The van der Waals surface area contributed by atoms with Gasteiger partial charge < -0.3 is 30.2 Å². The van der Waals surface area contributed by atoms with Crippen LogP contribution in [0, 0.1) is 0 Å². The van der Waals surface area contributed by atoms with Gasteiger partial charge in [-0.25, -0.2) is 4.79 Å². The van der Waals surface area contributed by atoms with Crippen LogP contribution >= 0.6 is 11.8 Å². The monoisotopic (exact) mass is 541 g/mol. The summed E-state index contributed by atoms with van der Waals surface area (Å²) in [5, 5.41) is 17.6. The molecule has 2 aromatic carbocycles. The fourth-order valence-electron chi connectivity index (χ4n) is 3.53. The van der Waals surface area contributed by atoms with Crippen LogP contribution < -0.4 is 16.0 Å². The number of rotatable bonds is 15. The van der Waals surface area contributed by atoms with Crippen LogP contribution in [0.1, 0.15) is 35.4 Å². The van der Waals surface area contributed by atoms with Gasteiger partial charge in [-0.05, 0) is 42.7 Å². The van der Waals surface area contributed by atoms with Gasteiger partial charge in [-0.3, -0.25) is 14.4 Å². The molecule has 3 aromatic rings. The number of hydrogen-bond donors (Lipinski definition) is 4. The molecule has 38 heavy (non-hydrogen) atoms. The number of carbonyl (C=O) groups is 4. The van der Waals surface area contributed by atoms with Gasteiger partial charge in [-0.2, -0.15) is 11.8 Å². The molecule has 0 saturated heterocycles. The molecule has 11 heteroatoms. The SMILES string of the molecule is O=C(O)CSCCCNC(=O)[C@H](CCCNC(=O)OCc1ccccc1)NC(=O)c1cc2ccccc2o1. The maximum absolute atomic E-state index is 12.8. The number of carbonyl (C=O) groups excluding carboxylic acids is 3. The zero-order valence-electron chi connectivity index (χ0n) is 20.8. The molecular formula is C27H31N3O7S. The number of fused-ring (bicyclic) bond motifs is 1. The second-order valence-electron chi connectivity index (χ2n) is 8.40. The molecule has 1 atom stereocenters. The minimum Gasteiger partial charge on any atom is -0.481 e. The molecule has 1 heterocycles. The highest BCUT2D eigenvalue weighted by atomic mass is 32.2. The van der Waals surface area contributed by atoms with E-state index in [0.29, 0.717) is 30.7 Å². The summed E-state index contributed by atoms with van der Waals surface area (Å²) >= 11 is 1.27. The van der Waals surface area contributed by atoms with Gasteiger partial charge in [0, 0.05) is 18.5 Å². The zero-order valence-corrected chi connectivity index (χ0v) is 21.6. The molecule has 0 radical (unpaired) electrons. The number of thioether (sulfide) groups is 1. The van der Waals surface area contributed by atoms with Crippen LogP contribution in [0.3, 0.4) is 0 Å².